The maximum absolute atomic E-state index is 9.44. The van der Waals surface area contributed by atoms with E-state index < -0.39 is 0 Å². The Morgan fingerprint density at radius 1 is 1.03 bits per heavy atom. The molecule has 1 saturated heterocycles. The van der Waals surface area contributed by atoms with Gasteiger partial charge in [-0.3, -0.25) is 0 Å². The van der Waals surface area contributed by atoms with Crippen LogP contribution in [0.5, 0.6) is 11.5 Å². The molecule has 7 nitrogen and oxygen atoms in total. The molecule has 1 unspecified atom stereocenters. The smallest absolute Gasteiger partial charge is 0.131 e. The minimum atomic E-state index is 0.186. The van der Waals surface area contributed by atoms with Gasteiger partial charge < -0.3 is 14.6 Å². The second-order valence-electron chi connectivity index (χ2n) is 7.42. The molecule has 0 saturated carbocycles. The molecule has 0 bridgehead atoms. The quantitative estimate of drug-likeness (QED) is 0.540. The van der Waals surface area contributed by atoms with Gasteiger partial charge >= 0.3 is 0 Å². The topological polar surface area (TPSA) is 82.3 Å². The highest BCUT2D eigenvalue weighted by Gasteiger charge is 2.14. The number of pyridine rings is 1. The van der Waals surface area contributed by atoms with E-state index >= 15 is 0 Å². The largest absolute Gasteiger partial charge is 0.508 e. The molecule has 0 amide bonds. The molecule has 2 aromatic carbocycles. The van der Waals surface area contributed by atoms with Crippen LogP contribution in [0.4, 0.5) is 0 Å². The monoisotopic (exact) mass is 402 g/mol. The minimum absolute atomic E-state index is 0.186. The van der Waals surface area contributed by atoms with Gasteiger partial charge in [0, 0.05) is 12.0 Å². The van der Waals surface area contributed by atoms with E-state index in [0.717, 1.165) is 47.5 Å². The van der Waals surface area contributed by atoms with Crippen LogP contribution in [0.1, 0.15) is 19.3 Å². The third-order valence-electron chi connectivity index (χ3n) is 5.24. The normalized spacial score (nSPS) is 16.6. The Labute approximate surface area is 173 Å². The van der Waals surface area contributed by atoms with Crippen LogP contribution in [0.3, 0.4) is 0 Å². The molecule has 1 N–H and O–H groups in total. The van der Waals surface area contributed by atoms with Gasteiger partial charge in [0.15, 0.2) is 0 Å². The molecule has 1 aliphatic heterocycles. The van der Waals surface area contributed by atoms with Crippen molar-refractivity contribution in [2.75, 3.05) is 13.2 Å². The number of nitrogens with zero attached hydrogens (tertiary/aromatic N) is 4. The lowest BCUT2D eigenvalue weighted by molar-refractivity contribution is -0.0110. The van der Waals surface area contributed by atoms with Crippen LogP contribution in [0.25, 0.3) is 28.0 Å². The Morgan fingerprint density at radius 2 is 1.93 bits per heavy atom. The average molecular weight is 402 g/mol. The second-order valence-corrected chi connectivity index (χ2v) is 7.42. The first-order valence-corrected chi connectivity index (χ1v) is 10.1. The van der Waals surface area contributed by atoms with Crippen molar-refractivity contribution in [3.8, 4) is 28.6 Å². The number of fused-ring (bicyclic) bond motifs is 1. The van der Waals surface area contributed by atoms with Gasteiger partial charge in [0.2, 0.25) is 0 Å². The maximum Gasteiger partial charge on any atom is 0.131 e. The molecule has 0 radical (unpaired) electrons. The number of rotatable bonds is 5. The van der Waals surface area contributed by atoms with Crippen LogP contribution in [-0.2, 0) is 4.74 Å². The van der Waals surface area contributed by atoms with Gasteiger partial charge in [0.1, 0.15) is 23.8 Å². The first-order chi connectivity index (χ1) is 14.7. The molecule has 1 atom stereocenters. The van der Waals surface area contributed by atoms with Gasteiger partial charge in [-0.2, -0.15) is 0 Å². The Hall–Kier alpha value is -3.45. The lowest BCUT2D eigenvalue weighted by Crippen LogP contribution is -2.25. The van der Waals surface area contributed by atoms with Crippen molar-refractivity contribution < 1.29 is 14.6 Å². The second kappa shape index (κ2) is 8.12. The number of phenolic OH excluding ortho intramolecular Hbond substituents is 1. The van der Waals surface area contributed by atoms with Crippen LogP contribution >= 0.6 is 0 Å². The zero-order valence-electron chi connectivity index (χ0n) is 16.4. The molecule has 30 heavy (non-hydrogen) atoms. The molecular formula is C23H22N4O3. The van der Waals surface area contributed by atoms with Crippen LogP contribution in [-0.4, -0.2) is 44.4 Å². The highest BCUT2D eigenvalue weighted by atomic mass is 16.5. The van der Waals surface area contributed by atoms with Crippen LogP contribution in [0.2, 0.25) is 0 Å². The Kier molecular flexibility index (Phi) is 5.03. The van der Waals surface area contributed by atoms with Crippen molar-refractivity contribution in [1.82, 2.24) is 20.0 Å². The fourth-order valence-corrected chi connectivity index (χ4v) is 3.58. The summed E-state index contributed by atoms with van der Waals surface area (Å²) in [7, 11) is 0. The summed E-state index contributed by atoms with van der Waals surface area (Å²) >= 11 is 0. The van der Waals surface area contributed by atoms with Crippen molar-refractivity contribution in [1.29, 1.82) is 0 Å². The van der Waals surface area contributed by atoms with Crippen molar-refractivity contribution in [2.24, 2.45) is 0 Å². The highest BCUT2D eigenvalue weighted by Crippen LogP contribution is 2.24. The molecule has 4 aromatic rings. The summed E-state index contributed by atoms with van der Waals surface area (Å²) in [6.45, 7) is 1.41. The fourth-order valence-electron chi connectivity index (χ4n) is 3.58. The van der Waals surface area contributed by atoms with E-state index in [1.807, 2.05) is 36.5 Å². The molecule has 1 aliphatic rings. The molecule has 3 heterocycles. The number of benzene rings is 2. The van der Waals surface area contributed by atoms with Crippen LogP contribution < -0.4 is 4.74 Å². The summed E-state index contributed by atoms with van der Waals surface area (Å²) < 4.78 is 13.3. The number of hydrogen-bond acceptors (Lipinski definition) is 6. The SMILES string of the molecule is Oc1ccc(-n2cc(-c3ccc4cc(OCC5CCCCO5)ccc4n3)nn2)cc1. The van der Waals surface area contributed by atoms with E-state index in [-0.39, 0.29) is 11.9 Å². The zero-order valence-corrected chi connectivity index (χ0v) is 16.4. The lowest BCUT2D eigenvalue weighted by Gasteiger charge is -2.22. The fraction of sp³-hybridized carbons (Fsp3) is 0.261. The predicted molar refractivity (Wildman–Crippen MR) is 113 cm³/mol. The summed E-state index contributed by atoms with van der Waals surface area (Å²) in [6, 6.07) is 16.6. The number of phenols is 1. The molecule has 1 fully saturated rings. The molecule has 152 valence electrons. The summed E-state index contributed by atoms with van der Waals surface area (Å²) in [5.74, 6) is 1.04. The summed E-state index contributed by atoms with van der Waals surface area (Å²) in [6.07, 6.45) is 5.41. The summed E-state index contributed by atoms with van der Waals surface area (Å²) in [4.78, 5) is 4.72. The van der Waals surface area contributed by atoms with E-state index in [0.29, 0.717) is 12.3 Å². The van der Waals surface area contributed by atoms with Gasteiger partial charge in [0.05, 0.1) is 29.2 Å². The van der Waals surface area contributed by atoms with Crippen LogP contribution in [0, 0.1) is 0 Å². The molecular weight excluding hydrogens is 380 g/mol. The van der Waals surface area contributed by atoms with Gasteiger partial charge in [-0.25, -0.2) is 9.67 Å². The number of hydrogen-bond donors (Lipinski definition) is 1. The summed E-state index contributed by atoms with van der Waals surface area (Å²) in [5, 5.41) is 18.9. The van der Waals surface area contributed by atoms with Gasteiger partial charge in [0.25, 0.3) is 0 Å². The molecule has 0 spiro atoms. The first-order valence-electron chi connectivity index (χ1n) is 10.1. The number of aromatic hydroxyl groups is 1. The van der Waals surface area contributed by atoms with Crippen molar-refractivity contribution >= 4 is 10.9 Å². The van der Waals surface area contributed by atoms with E-state index in [1.165, 1.54) is 6.42 Å². The standard InChI is InChI=1S/C23H22N4O3/c28-18-7-5-17(6-8-18)27-14-23(25-26-27)22-10-4-16-13-19(9-11-21(16)24-22)30-15-20-3-1-2-12-29-20/h4-11,13-14,20,28H,1-3,12,15H2. The molecule has 5 rings (SSSR count). The van der Waals surface area contributed by atoms with Gasteiger partial charge in [-0.1, -0.05) is 11.3 Å². The number of aromatic nitrogens is 4. The van der Waals surface area contributed by atoms with E-state index in [4.69, 9.17) is 14.5 Å². The Bertz CT molecular complexity index is 1150. The van der Waals surface area contributed by atoms with E-state index in [1.54, 1.807) is 28.9 Å². The lowest BCUT2D eigenvalue weighted by atomic mass is 10.1. The average Bonchev–Trinajstić information content (AvgIpc) is 3.29. The molecule has 0 aliphatic carbocycles. The Morgan fingerprint density at radius 3 is 2.77 bits per heavy atom. The zero-order chi connectivity index (χ0) is 20.3. The molecule has 2 aromatic heterocycles. The molecule has 7 heteroatoms. The van der Waals surface area contributed by atoms with Gasteiger partial charge in [-0.05, 0) is 67.8 Å². The third-order valence-corrected chi connectivity index (χ3v) is 5.24. The van der Waals surface area contributed by atoms with Crippen molar-refractivity contribution in [2.45, 2.75) is 25.4 Å². The highest BCUT2D eigenvalue weighted by molar-refractivity contribution is 5.82. The van der Waals surface area contributed by atoms with E-state index in [9.17, 15) is 5.11 Å². The Balaban J connectivity index is 1.33. The third kappa shape index (κ3) is 3.97. The first kappa shape index (κ1) is 18.6. The maximum atomic E-state index is 9.44. The van der Waals surface area contributed by atoms with Crippen LogP contribution in [0.15, 0.2) is 60.8 Å². The van der Waals surface area contributed by atoms with Gasteiger partial charge in [-0.15, -0.1) is 5.10 Å². The predicted octanol–water partition coefficient (Wildman–Crippen LogP) is 4.14. The van der Waals surface area contributed by atoms with Crippen molar-refractivity contribution in [3.05, 3.63) is 60.8 Å². The summed E-state index contributed by atoms with van der Waals surface area (Å²) in [5.41, 5.74) is 3.11. The minimum Gasteiger partial charge on any atom is -0.508 e. The van der Waals surface area contributed by atoms with E-state index in [2.05, 4.69) is 10.3 Å². The van der Waals surface area contributed by atoms with Crippen molar-refractivity contribution in [3.63, 3.8) is 0 Å². The number of ether oxygens (including phenoxy) is 2.